The predicted octanol–water partition coefficient (Wildman–Crippen LogP) is 0.168. The highest BCUT2D eigenvalue weighted by atomic mass is 35.5. The number of halogens is 1. The molecule has 1 aromatic rings. The Morgan fingerprint density at radius 2 is 1.96 bits per heavy atom. The summed E-state index contributed by atoms with van der Waals surface area (Å²) in [4.78, 5) is 14.0. The van der Waals surface area contributed by atoms with Crippen LogP contribution < -0.4 is 5.32 Å². The number of nitrogens with one attached hydrogen (secondary N) is 1. The van der Waals surface area contributed by atoms with Crippen molar-refractivity contribution >= 4 is 17.5 Å². The van der Waals surface area contributed by atoms with Crippen molar-refractivity contribution in [3.05, 3.63) is 34.9 Å². The Hall–Kier alpha value is -1.22. The molecule has 2 aliphatic rings. The number of rotatable bonds is 6. The summed E-state index contributed by atoms with van der Waals surface area (Å²) >= 11 is 5.96. The molecule has 26 heavy (non-hydrogen) atoms. The van der Waals surface area contributed by atoms with Gasteiger partial charge in [0.25, 0.3) is 0 Å². The maximum atomic E-state index is 12.3. The molecule has 0 aliphatic carbocycles. The first-order valence-corrected chi connectivity index (χ1v) is 9.24. The van der Waals surface area contributed by atoms with Crippen LogP contribution in [0.5, 0.6) is 0 Å². The molecular formula is C18H25ClN2O5. The van der Waals surface area contributed by atoms with Gasteiger partial charge >= 0.3 is 0 Å². The first-order valence-electron chi connectivity index (χ1n) is 8.87. The van der Waals surface area contributed by atoms with Crippen LogP contribution in [0.3, 0.4) is 0 Å². The van der Waals surface area contributed by atoms with Crippen molar-refractivity contribution in [1.29, 1.82) is 0 Å². The summed E-state index contributed by atoms with van der Waals surface area (Å²) in [6.07, 6.45) is -3.30. The van der Waals surface area contributed by atoms with E-state index >= 15 is 0 Å². The molecule has 1 aromatic carbocycles. The number of amides is 1. The minimum absolute atomic E-state index is 0.0586. The molecule has 3 rings (SSSR count). The molecular weight excluding hydrogens is 360 g/mol. The Bertz CT molecular complexity index is 611. The number of benzene rings is 1. The largest absolute Gasteiger partial charge is 0.388 e. The van der Waals surface area contributed by atoms with E-state index in [4.69, 9.17) is 21.1 Å². The maximum Gasteiger partial charge on any atom is 0.225 e. The average molecular weight is 385 g/mol. The van der Waals surface area contributed by atoms with Gasteiger partial charge < -0.3 is 29.9 Å². The number of aliphatic hydroxyl groups is 2. The van der Waals surface area contributed by atoms with Crippen molar-refractivity contribution in [2.24, 2.45) is 0 Å². The van der Waals surface area contributed by atoms with Crippen LogP contribution in [0, 0.1) is 0 Å². The highest BCUT2D eigenvalue weighted by Gasteiger charge is 2.43. The van der Waals surface area contributed by atoms with Gasteiger partial charge in [-0.15, -0.1) is 0 Å². The van der Waals surface area contributed by atoms with Crippen LogP contribution in [0.25, 0.3) is 0 Å². The third-order valence-electron chi connectivity index (χ3n) is 4.76. The fraction of sp³-hybridized carbons (Fsp3) is 0.611. The standard InChI is InChI=1S/C18H25ClN2O5/c19-13-3-1-2-12(8-13)10-20-11-15-18(24)17(23)14(26-15)9-16(22)21-4-6-25-7-5-21/h1-3,8,14-15,17-18,20,23-24H,4-7,9-11H2/t14-,15+,17-,18+/m0/s1. The van der Waals surface area contributed by atoms with Crippen LogP contribution in [0.1, 0.15) is 12.0 Å². The van der Waals surface area contributed by atoms with Crippen molar-refractivity contribution in [3.63, 3.8) is 0 Å². The summed E-state index contributed by atoms with van der Waals surface area (Å²) in [7, 11) is 0. The van der Waals surface area contributed by atoms with Gasteiger partial charge in [-0.1, -0.05) is 23.7 Å². The van der Waals surface area contributed by atoms with E-state index in [0.29, 0.717) is 44.4 Å². The number of carbonyl (C=O) groups excluding carboxylic acids is 1. The lowest BCUT2D eigenvalue weighted by molar-refractivity contribution is -0.139. The number of hydrogen-bond acceptors (Lipinski definition) is 6. The number of morpholine rings is 1. The highest BCUT2D eigenvalue weighted by Crippen LogP contribution is 2.24. The normalized spacial score (nSPS) is 29.1. The second-order valence-corrected chi connectivity index (χ2v) is 7.09. The molecule has 144 valence electrons. The fourth-order valence-corrected chi connectivity index (χ4v) is 3.50. The number of hydrogen-bond donors (Lipinski definition) is 3. The van der Waals surface area contributed by atoms with Crippen LogP contribution in [-0.4, -0.2) is 78.3 Å². The third-order valence-corrected chi connectivity index (χ3v) is 5.00. The molecule has 8 heteroatoms. The van der Waals surface area contributed by atoms with Crippen molar-refractivity contribution in [2.45, 2.75) is 37.4 Å². The van der Waals surface area contributed by atoms with E-state index in [1.807, 2.05) is 18.2 Å². The van der Waals surface area contributed by atoms with Gasteiger partial charge in [0, 0.05) is 31.2 Å². The van der Waals surface area contributed by atoms with Crippen molar-refractivity contribution in [2.75, 3.05) is 32.8 Å². The molecule has 1 amide bonds. The van der Waals surface area contributed by atoms with Crippen molar-refractivity contribution < 1.29 is 24.5 Å². The van der Waals surface area contributed by atoms with Gasteiger partial charge in [0.2, 0.25) is 5.91 Å². The quantitative estimate of drug-likeness (QED) is 0.647. The Labute approximate surface area is 157 Å². The van der Waals surface area contributed by atoms with Crippen molar-refractivity contribution in [1.82, 2.24) is 10.2 Å². The van der Waals surface area contributed by atoms with Gasteiger partial charge in [-0.05, 0) is 17.7 Å². The molecule has 0 saturated carbocycles. The second kappa shape index (κ2) is 9.12. The monoisotopic (exact) mass is 384 g/mol. The minimum Gasteiger partial charge on any atom is -0.388 e. The zero-order chi connectivity index (χ0) is 18.5. The van der Waals surface area contributed by atoms with E-state index in [9.17, 15) is 15.0 Å². The summed E-state index contributed by atoms with van der Waals surface area (Å²) in [6, 6.07) is 7.49. The lowest BCUT2D eigenvalue weighted by atomic mass is 10.0. The molecule has 4 atom stereocenters. The molecule has 0 radical (unpaired) electrons. The smallest absolute Gasteiger partial charge is 0.225 e. The number of ether oxygens (including phenoxy) is 2. The zero-order valence-electron chi connectivity index (χ0n) is 14.5. The summed E-state index contributed by atoms with van der Waals surface area (Å²) < 4.78 is 11.0. The Morgan fingerprint density at radius 1 is 1.23 bits per heavy atom. The topological polar surface area (TPSA) is 91.3 Å². The van der Waals surface area contributed by atoms with Crippen LogP contribution >= 0.6 is 11.6 Å². The number of aliphatic hydroxyl groups excluding tert-OH is 2. The van der Waals surface area contributed by atoms with Crippen LogP contribution in [-0.2, 0) is 20.8 Å². The highest BCUT2D eigenvalue weighted by molar-refractivity contribution is 6.30. The van der Waals surface area contributed by atoms with E-state index < -0.39 is 24.4 Å². The molecule has 2 saturated heterocycles. The van der Waals surface area contributed by atoms with Gasteiger partial charge in [0.15, 0.2) is 0 Å². The molecule has 0 spiro atoms. The van der Waals surface area contributed by atoms with Gasteiger partial charge in [0.05, 0.1) is 31.8 Å². The van der Waals surface area contributed by atoms with Crippen molar-refractivity contribution in [3.8, 4) is 0 Å². The van der Waals surface area contributed by atoms with E-state index in [-0.39, 0.29) is 12.3 Å². The summed E-state index contributed by atoms with van der Waals surface area (Å²) in [6.45, 7) is 3.09. The maximum absolute atomic E-state index is 12.3. The third kappa shape index (κ3) is 4.94. The van der Waals surface area contributed by atoms with E-state index in [0.717, 1.165) is 5.56 Å². The first-order chi connectivity index (χ1) is 12.5. The molecule has 0 unspecified atom stereocenters. The molecule has 0 aromatic heterocycles. The SMILES string of the molecule is O=C(C[C@@H]1O[C@H](CNCc2cccc(Cl)c2)[C@@H](O)[C@H]1O)N1CCOCC1. The second-order valence-electron chi connectivity index (χ2n) is 6.65. The van der Waals surface area contributed by atoms with Gasteiger partial charge in [-0.2, -0.15) is 0 Å². The zero-order valence-corrected chi connectivity index (χ0v) is 15.3. The molecule has 2 fully saturated rings. The Kier molecular flexibility index (Phi) is 6.86. The molecule has 2 heterocycles. The average Bonchev–Trinajstić information content (AvgIpc) is 2.90. The summed E-state index contributed by atoms with van der Waals surface area (Å²) in [5.74, 6) is -0.0860. The lowest BCUT2D eigenvalue weighted by Gasteiger charge is -2.28. The Morgan fingerprint density at radius 3 is 2.69 bits per heavy atom. The minimum atomic E-state index is -1.07. The van der Waals surface area contributed by atoms with Crippen LogP contribution in [0.2, 0.25) is 5.02 Å². The number of nitrogens with zero attached hydrogens (tertiary/aromatic N) is 1. The molecule has 3 N–H and O–H groups in total. The molecule has 2 aliphatic heterocycles. The number of carbonyl (C=O) groups is 1. The molecule has 0 bridgehead atoms. The first kappa shape index (κ1) is 19.5. The van der Waals surface area contributed by atoms with Crippen LogP contribution in [0.4, 0.5) is 0 Å². The van der Waals surface area contributed by atoms with E-state index in [2.05, 4.69) is 5.32 Å². The Balaban J connectivity index is 1.46. The van der Waals surface area contributed by atoms with Gasteiger partial charge in [0.1, 0.15) is 12.2 Å². The summed E-state index contributed by atoms with van der Waals surface area (Å²) in [5.41, 5.74) is 1.02. The van der Waals surface area contributed by atoms with E-state index in [1.165, 1.54) is 0 Å². The van der Waals surface area contributed by atoms with Crippen LogP contribution in [0.15, 0.2) is 24.3 Å². The fourth-order valence-electron chi connectivity index (χ4n) is 3.28. The van der Waals surface area contributed by atoms with E-state index in [1.54, 1.807) is 11.0 Å². The summed E-state index contributed by atoms with van der Waals surface area (Å²) in [5, 5.41) is 24.3. The predicted molar refractivity (Wildman–Crippen MR) is 95.8 cm³/mol. The lowest BCUT2D eigenvalue weighted by Crippen LogP contribution is -2.43. The molecule has 7 nitrogen and oxygen atoms in total. The van der Waals surface area contributed by atoms with Gasteiger partial charge in [-0.3, -0.25) is 4.79 Å². The van der Waals surface area contributed by atoms with Gasteiger partial charge in [-0.25, -0.2) is 0 Å².